The molecule has 172 valence electrons. The van der Waals surface area contributed by atoms with Crippen LogP contribution >= 0.6 is 0 Å². The standard InChI is InChI=1S/C26H44O4/c1-3-4-5-9-12-21-24-20(13-14-22(27)19-10-7-6-8-11-19)23(28)15-16-25(24,2)26(21)29-17-18-30-26/h13-14,19-24,27-28H,3-12,15-18H2,1-2H3/b14-13+/t20-,21?,22-,23+,24-,25-/m1/s1. The molecule has 4 aliphatic rings. The summed E-state index contributed by atoms with van der Waals surface area (Å²) in [5, 5.41) is 21.8. The van der Waals surface area contributed by atoms with Crippen molar-refractivity contribution in [3.63, 3.8) is 0 Å². The molecule has 0 bridgehead atoms. The highest BCUT2D eigenvalue weighted by Gasteiger charge is 2.75. The number of fused-ring (bicyclic) bond motifs is 2. The van der Waals surface area contributed by atoms with E-state index in [0.29, 0.717) is 31.0 Å². The molecule has 1 heterocycles. The Kier molecular flexibility index (Phi) is 7.29. The number of aliphatic hydroxyl groups excluding tert-OH is 2. The number of hydrogen-bond acceptors (Lipinski definition) is 4. The molecule has 0 aromatic heterocycles. The quantitative estimate of drug-likeness (QED) is 0.417. The number of rotatable bonds is 8. The van der Waals surface area contributed by atoms with Gasteiger partial charge in [0.05, 0.1) is 25.4 Å². The fourth-order valence-corrected chi connectivity index (χ4v) is 7.41. The molecule has 30 heavy (non-hydrogen) atoms. The maximum Gasteiger partial charge on any atom is 0.177 e. The van der Waals surface area contributed by atoms with Gasteiger partial charge in [-0.2, -0.15) is 0 Å². The third-order valence-electron chi connectivity index (χ3n) is 9.02. The third-order valence-corrected chi connectivity index (χ3v) is 9.02. The topological polar surface area (TPSA) is 58.9 Å². The second-order valence-electron chi connectivity index (χ2n) is 10.7. The predicted molar refractivity (Wildman–Crippen MR) is 119 cm³/mol. The Labute approximate surface area is 183 Å². The van der Waals surface area contributed by atoms with Crippen LogP contribution in [0.25, 0.3) is 0 Å². The normalized spacial score (nSPS) is 39.9. The molecule has 0 radical (unpaired) electrons. The SMILES string of the molecule is CCCCCCC1[C@H]2[C@H](/C=C/[C@@H](O)C3CCCCC3)[C@@H](O)CC[C@@]2(C)C12OCCO2. The average Bonchev–Trinajstić information content (AvgIpc) is 3.28. The van der Waals surface area contributed by atoms with Gasteiger partial charge in [-0.1, -0.05) is 70.9 Å². The Morgan fingerprint density at radius 1 is 1.03 bits per heavy atom. The second-order valence-corrected chi connectivity index (χ2v) is 10.7. The Morgan fingerprint density at radius 3 is 2.47 bits per heavy atom. The van der Waals surface area contributed by atoms with Gasteiger partial charge >= 0.3 is 0 Å². The van der Waals surface area contributed by atoms with Gasteiger partial charge in [-0.3, -0.25) is 0 Å². The molecule has 0 aromatic rings. The van der Waals surface area contributed by atoms with E-state index in [-0.39, 0.29) is 23.5 Å². The summed E-state index contributed by atoms with van der Waals surface area (Å²) in [4.78, 5) is 0. The summed E-state index contributed by atoms with van der Waals surface area (Å²) in [6.45, 7) is 5.96. The van der Waals surface area contributed by atoms with Crippen molar-refractivity contribution in [1.29, 1.82) is 0 Å². The fourth-order valence-electron chi connectivity index (χ4n) is 7.41. The van der Waals surface area contributed by atoms with Gasteiger partial charge in [0.15, 0.2) is 5.79 Å². The van der Waals surface area contributed by atoms with Crippen molar-refractivity contribution < 1.29 is 19.7 Å². The van der Waals surface area contributed by atoms with Gasteiger partial charge in [0.25, 0.3) is 0 Å². The lowest BCUT2D eigenvalue weighted by Gasteiger charge is -2.69. The largest absolute Gasteiger partial charge is 0.393 e. The third kappa shape index (κ3) is 3.91. The highest BCUT2D eigenvalue weighted by molar-refractivity contribution is 5.21. The summed E-state index contributed by atoms with van der Waals surface area (Å²) >= 11 is 0. The van der Waals surface area contributed by atoms with E-state index in [1.165, 1.54) is 44.9 Å². The summed E-state index contributed by atoms with van der Waals surface area (Å²) in [6, 6.07) is 0. The monoisotopic (exact) mass is 420 g/mol. The van der Waals surface area contributed by atoms with Crippen LogP contribution in [0.4, 0.5) is 0 Å². The fraction of sp³-hybridized carbons (Fsp3) is 0.923. The highest BCUT2D eigenvalue weighted by atomic mass is 16.7. The minimum absolute atomic E-state index is 0.0387. The predicted octanol–water partition coefficient (Wildman–Crippen LogP) is 5.22. The Bertz CT molecular complexity index is 578. The highest BCUT2D eigenvalue weighted by Crippen LogP contribution is 2.70. The molecule has 4 heteroatoms. The molecule has 1 saturated heterocycles. The number of ether oxygens (including phenoxy) is 2. The van der Waals surface area contributed by atoms with Crippen LogP contribution in [-0.4, -0.2) is 41.4 Å². The zero-order valence-electron chi connectivity index (χ0n) is 19.2. The van der Waals surface area contributed by atoms with Crippen LogP contribution in [0.2, 0.25) is 0 Å². The van der Waals surface area contributed by atoms with Crippen molar-refractivity contribution in [3.8, 4) is 0 Å². The molecular weight excluding hydrogens is 376 g/mol. The van der Waals surface area contributed by atoms with Crippen LogP contribution in [0, 0.1) is 29.1 Å². The molecular formula is C26H44O4. The summed E-state index contributed by atoms with van der Waals surface area (Å²) in [6.07, 6.45) is 17.4. The minimum atomic E-state index is -0.446. The molecule has 4 rings (SSSR count). The van der Waals surface area contributed by atoms with E-state index >= 15 is 0 Å². The summed E-state index contributed by atoms with van der Waals surface area (Å²) in [5.41, 5.74) is -0.0387. The molecule has 2 N–H and O–H groups in total. The van der Waals surface area contributed by atoms with Crippen molar-refractivity contribution in [1.82, 2.24) is 0 Å². The van der Waals surface area contributed by atoms with E-state index < -0.39 is 5.79 Å². The van der Waals surface area contributed by atoms with Crippen molar-refractivity contribution in [3.05, 3.63) is 12.2 Å². The molecule has 6 atom stereocenters. The lowest BCUT2D eigenvalue weighted by Crippen LogP contribution is -2.74. The Hall–Kier alpha value is -0.420. The second kappa shape index (κ2) is 9.60. The van der Waals surface area contributed by atoms with Gasteiger partial charge in [0, 0.05) is 17.3 Å². The van der Waals surface area contributed by atoms with Crippen LogP contribution in [0.3, 0.4) is 0 Å². The van der Waals surface area contributed by atoms with Gasteiger partial charge in [0.2, 0.25) is 0 Å². The lowest BCUT2D eigenvalue weighted by molar-refractivity contribution is -0.386. The number of hydrogen-bond donors (Lipinski definition) is 2. The van der Waals surface area contributed by atoms with E-state index in [9.17, 15) is 10.2 Å². The molecule has 1 aliphatic heterocycles. The molecule has 0 amide bonds. The first-order chi connectivity index (χ1) is 14.5. The van der Waals surface area contributed by atoms with Crippen molar-refractivity contribution >= 4 is 0 Å². The molecule has 3 saturated carbocycles. The first kappa shape index (κ1) is 22.8. The number of unbranched alkanes of at least 4 members (excludes halogenated alkanes) is 3. The van der Waals surface area contributed by atoms with Crippen LogP contribution in [-0.2, 0) is 9.47 Å². The Morgan fingerprint density at radius 2 is 1.77 bits per heavy atom. The van der Waals surface area contributed by atoms with E-state index in [1.807, 2.05) is 6.08 Å². The Balaban J connectivity index is 1.50. The lowest BCUT2D eigenvalue weighted by atomic mass is 9.41. The summed E-state index contributed by atoms with van der Waals surface area (Å²) in [5.74, 6) is 0.754. The van der Waals surface area contributed by atoms with Gasteiger partial charge < -0.3 is 19.7 Å². The molecule has 0 aromatic carbocycles. The zero-order valence-corrected chi connectivity index (χ0v) is 19.2. The van der Waals surface area contributed by atoms with Gasteiger partial charge in [-0.15, -0.1) is 0 Å². The molecule has 3 aliphatic carbocycles. The van der Waals surface area contributed by atoms with Gasteiger partial charge in [-0.05, 0) is 43.9 Å². The van der Waals surface area contributed by atoms with Crippen LogP contribution in [0.1, 0.15) is 90.9 Å². The summed E-state index contributed by atoms with van der Waals surface area (Å²) in [7, 11) is 0. The average molecular weight is 421 g/mol. The molecule has 1 unspecified atom stereocenters. The smallest absolute Gasteiger partial charge is 0.177 e. The van der Waals surface area contributed by atoms with E-state index in [1.54, 1.807) is 0 Å². The van der Waals surface area contributed by atoms with Gasteiger partial charge in [-0.25, -0.2) is 0 Å². The molecule has 4 nitrogen and oxygen atoms in total. The number of aliphatic hydroxyl groups is 2. The van der Waals surface area contributed by atoms with Crippen molar-refractivity contribution in [2.75, 3.05) is 13.2 Å². The van der Waals surface area contributed by atoms with E-state index in [4.69, 9.17) is 9.47 Å². The van der Waals surface area contributed by atoms with Gasteiger partial charge in [0.1, 0.15) is 0 Å². The van der Waals surface area contributed by atoms with Crippen LogP contribution in [0.15, 0.2) is 12.2 Å². The maximum atomic E-state index is 11.0. The van der Waals surface area contributed by atoms with E-state index in [2.05, 4.69) is 19.9 Å². The molecule has 4 fully saturated rings. The van der Waals surface area contributed by atoms with E-state index in [0.717, 1.165) is 32.1 Å². The maximum absolute atomic E-state index is 11.0. The first-order valence-corrected chi connectivity index (χ1v) is 12.9. The van der Waals surface area contributed by atoms with Crippen molar-refractivity contribution in [2.45, 2.75) is 109 Å². The minimum Gasteiger partial charge on any atom is -0.393 e. The van der Waals surface area contributed by atoms with Crippen LogP contribution in [0.5, 0.6) is 0 Å². The summed E-state index contributed by atoms with van der Waals surface area (Å²) < 4.78 is 12.7. The zero-order chi connectivity index (χ0) is 21.2. The first-order valence-electron chi connectivity index (χ1n) is 12.9. The van der Waals surface area contributed by atoms with Crippen LogP contribution < -0.4 is 0 Å². The molecule has 1 spiro atoms. The van der Waals surface area contributed by atoms with Crippen molar-refractivity contribution in [2.24, 2.45) is 29.1 Å².